The maximum Gasteiger partial charge on any atom is 0.416 e. The zero-order chi connectivity index (χ0) is 38.7. The molecule has 2 heterocycles. The summed E-state index contributed by atoms with van der Waals surface area (Å²) in [5.74, 6) is -4.12. The van der Waals surface area contributed by atoms with Crippen LogP contribution in [0.5, 0.6) is 5.75 Å². The third kappa shape index (κ3) is 11.4. The van der Waals surface area contributed by atoms with E-state index in [2.05, 4.69) is 21.3 Å². The molecule has 0 radical (unpaired) electrons. The highest BCUT2D eigenvalue weighted by atomic mass is 19.4. The molecule has 5 N–H and O–H groups in total. The van der Waals surface area contributed by atoms with Crippen molar-refractivity contribution >= 4 is 29.6 Å². The molecule has 2 aliphatic heterocycles. The molecule has 4 aromatic carbocycles. The topological polar surface area (TPSA) is 163 Å². The minimum atomic E-state index is -4.61. The van der Waals surface area contributed by atoms with Gasteiger partial charge in [0.25, 0.3) is 5.91 Å². The van der Waals surface area contributed by atoms with Crippen molar-refractivity contribution in [3.05, 3.63) is 137 Å². The number of amides is 4. The number of carbonyl (C=O) groups excluding carboxylic acids is 4. The third-order valence-electron chi connectivity index (χ3n) is 8.83. The van der Waals surface area contributed by atoms with E-state index in [0.717, 1.165) is 17.7 Å². The molecule has 14 heteroatoms. The second kappa shape index (κ2) is 18.0. The van der Waals surface area contributed by atoms with Crippen LogP contribution in [0.3, 0.4) is 0 Å². The Morgan fingerprint density at radius 3 is 1.72 bits per heavy atom. The van der Waals surface area contributed by atoms with Crippen LogP contribution in [0.15, 0.2) is 109 Å². The van der Waals surface area contributed by atoms with E-state index in [1.807, 2.05) is 30.3 Å². The van der Waals surface area contributed by atoms with E-state index in [-0.39, 0.29) is 31.2 Å². The number of aryl methyl sites for hydroxylation is 1. The number of carbonyl (C=O) groups is 5. The molecule has 4 atom stereocenters. The molecule has 0 saturated carbocycles. The van der Waals surface area contributed by atoms with Crippen LogP contribution in [0.2, 0.25) is 0 Å². The minimum absolute atomic E-state index is 0.0620. The van der Waals surface area contributed by atoms with Crippen LogP contribution in [0.25, 0.3) is 0 Å². The van der Waals surface area contributed by atoms with Crippen LogP contribution in [-0.2, 0) is 55.8 Å². The van der Waals surface area contributed by atoms with E-state index in [0.29, 0.717) is 23.3 Å². The number of halogens is 3. The lowest BCUT2D eigenvalue weighted by Gasteiger charge is -2.26. The standard InChI is InChI=1S/C40H39F3N4O7/c41-40(42,43)29-16-11-27(12-17-29)22-33-37(50)46-32(21-26-9-5-2-6-10-26)38(51)47-34(39(52)53)23-28-13-18-30(19-14-28)54-24-35(48)44-31(36(49)45-33)20-15-25-7-3-1-4-8-25/h1-14,16-19,31-34H,15,20-24H2,(H,44,48)(H,45,49)(H,46,50)(H,47,51)(H,52,53)/t31-,32-,33+,34+/m1/s1. The first kappa shape index (κ1) is 39.0. The van der Waals surface area contributed by atoms with Crippen molar-refractivity contribution in [1.29, 1.82) is 0 Å². The van der Waals surface area contributed by atoms with Crippen molar-refractivity contribution in [3.8, 4) is 5.75 Å². The summed E-state index contributed by atoms with van der Waals surface area (Å²) in [6, 6.07) is 22.8. The number of fused-ring (bicyclic) bond motifs is 16. The molecule has 282 valence electrons. The van der Waals surface area contributed by atoms with E-state index in [4.69, 9.17) is 4.74 Å². The van der Waals surface area contributed by atoms with Crippen LogP contribution in [0.4, 0.5) is 13.2 Å². The van der Waals surface area contributed by atoms with Crippen LogP contribution in [-0.4, -0.2) is 65.5 Å². The molecule has 0 aromatic heterocycles. The molecular formula is C40H39F3N4O7. The van der Waals surface area contributed by atoms with Gasteiger partial charge in [-0.3, -0.25) is 19.2 Å². The molecule has 6 rings (SSSR count). The number of carboxylic acid groups (broad SMARTS) is 1. The van der Waals surface area contributed by atoms with Gasteiger partial charge in [-0.2, -0.15) is 13.2 Å². The molecule has 2 aliphatic rings. The normalized spacial score (nSPS) is 20.2. The summed E-state index contributed by atoms with van der Waals surface area (Å²) in [5.41, 5.74) is 1.40. The summed E-state index contributed by atoms with van der Waals surface area (Å²) in [6.45, 7) is -0.473. The molecule has 0 aliphatic carbocycles. The number of rotatable bonds is 8. The molecular weight excluding hydrogens is 705 g/mol. The van der Waals surface area contributed by atoms with Gasteiger partial charge in [0.05, 0.1) is 5.56 Å². The summed E-state index contributed by atoms with van der Waals surface area (Å²) in [6.07, 6.45) is -4.60. The van der Waals surface area contributed by atoms with E-state index in [9.17, 15) is 42.3 Å². The molecule has 4 aromatic rings. The Morgan fingerprint density at radius 2 is 1.17 bits per heavy atom. The summed E-state index contributed by atoms with van der Waals surface area (Å²) < 4.78 is 45.6. The second-order valence-electron chi connectivity index (χ2n) is 12.9. The maximum absolute atomic E-state index is 14.1. The number of nitrogens with one attached hydrogen (secondary N) is 4. The summed E-state index contributed by atoms with van der Waals surface area (Å²) in [5, 5.41) is 20.5. The Bertz CT molecular complexity index is 1910. The van der Waals surface area contributed by atoms with E-state index >= 15 is 0 Å². The largest absolute Gasteiger partial charge is 0.484 e. The van der Waals surface area contributed by atoms with Gasteiger partial charge in [0, 0.05) is 19.3 Å². The first-order valence-electron chi connectivity index (χ1n) is 17.2. The zero-order valence-corrected chi connectivity index (χ0v) is 29.0. The van der Waals surface area contributed by atoms with Crippen molar-refractivity contribution < 1.29 is 47.0 Å². The lowest BCUT2D eigenvalue weighted by molar-refractivity contribution is -0.142. The van der Waals surface area contributed by atoms with Gasteiger partial charge in [-0.05, 0) is 59.4 Å². The van der Waals surface area contributed by atoms with Gasteiger partial charge in [0.15, 0.2) is 6.61 Å². The lowest BCUT2D eigenvalue weighted by Crippen LogP contribution is -2.59. The predicted molar refractivity (Wildman–Crippen MR) is 191 cm³/mol. The van der Waals surface area contributed by atoms with Crippen LogP contribution >= 0.6 is 0 Å². The lowest BCUT2D eigenvalue weighted by atomic mass is 10.00. The molecule has 0 saturated heterocycles. The maximum atomic E-state index is 14.1. The fourth-order valence-corrected chi connectivity index (χ4v) is 5.92. The van der Waals surface area contributed by atoms with Crippen molar-refractivity contribution in [2.45, 2.75) is 62.4 Å². The number of alkyl halides is 3. The van der Waals surface area contributed by atoms with Crippen LogP contribution in [0.1, 0.15) is 34.2 Å². The van der Waals surface area contributed by atoms with Gasteiger partial charge in [0.2, 0.25) is 17.7 Å². The van der Waals surface area contributed by atoms with E-state index in [1.165, 1.54) is 12.1 Å². The number of carboxylic acids is 1. The Kier molecular flexibility index (Phi) is 13.0. The first-order valence-corrected chi connectivity index (χ1v) is 17.2. The molecule has 11 nitrogen and oxygen atoms in total. The Labute approximate surface area is 309 Å². The average Bonchev–Trinajstić information content (AvgIpc) is 3.15. The summed E-state index contributed by atoms with van der Waals surface area (Å²) >= 11 is 0. The Morgan fingerprint density at radius 1 is 0.648 bits per heavy atom. The van der Waals surface area contributed by atoms with Gasteiger partial charge < -0.3 is 31.1 Å². The average molecular weight is 745 g/mol. The number of benzene rings is 4. The van der Waals surface area contributed by atoms with Gasteiger partial charge in [0.1, 0.15) is 29.9 Å². The monoisotopic (exact) mass is 744 g/mol. The van der Waals surface area contributed by atoms with Gasteiger partial charge in [-0.25, -0.2) is 4.79 Å². The highest BCUT2D eigenvalue weighted by Gasteiger charge is 2.33. The van der Waals surface area contributed by atoms with Gasteiger partial charge in [-0.15, -0.1) is 0 Å². The summed E-state index contributed by atoms with van der Waals surface area (Å²) in [7, 11) is 0. The molecule has 54 heavy (non-hydrogen) atoms. The van der Waals surface area contributed by atoms with Crippen molar-refractivity contribution in [1.82, 2.24) is 21.3 Å². The smallest absolute Gasteiger partial charge is 0.416 e. The summed E-state index contributed by atoms with van der Waals surface area (Å²) in [4.78, 5) is 67.3. The number of hydrogen-bond acceptors (Lipinski definition) is 6. The highest BCUT2D eigenvalue weighted by Crippen LogP contribution is 2.29. The second-order valence-corrected chi connectivity index (χ2v) is 12.9. The fraction of sp³-hybridized carbons (Fsp3) is 0.275. The van der Waals surface area contributed by atoms with Crippen molar-refractivity contribution in [2.75, 3.05) is 6.61 Å². The van der Waals surface area contributed by atoms with Gasteiger partial charge in [-0.1, -0.05) is 84.9 Å². The first-order chi connectivity index (χ1) is 25.8. The molecule has 2 bridgehead atoms. The van der Waals surface area contributed by atoms with Crippen molar-refractivity contribution in [2.24, 2.45) is 0 Å². The van der Waals surface area contributed by atoms with E-state index in [1.54, 1.807) is 54.6 Å². The van der Waals surface area contributed by atoms with Gasteiger partial charge >= 0.3 is 12.1 Å². The fourth-order valence-electron chi connectivity index (χ4n) is 5.92. The quantitative estimate of drug-likeness (QED) is 0.172. The molecule has 0 unspecified atom stereocenters. The zero-order valence-electron chi connectivity index (χ0n) is 29.0. The number of aliphatic carboxylic acids is 1. The Balaban J connectivity index is 1.50. The molecule has 0 spiro atoms. The minimum Gasteiger partial charge on any atom is -0.484 e. The van der Waals surface area contributed by atoms with Crippen LogP contribution in [0, 0.1) is 0 Å². The van der Waals surface area contributed by atoms with Crippen molar-refractivity contribution in [3.63, 3.8) is 0 Å². The van der Waals surface area contributed by atoms with Crippen LogP contribution < -0.4 is 26.0 Å². The molecule has 4 amide bonds. The number of ether oxygens (including phenoxy) is 1. The predicted octanol–water partition coefficient (Wildman–Crippen LogP) is 3.78. The highest BCUT2D eigenvalue weighted by molar-refractivity contribution is 5.95. The number of hydrogen-bond donors (Lipinski definition) is 5. The molecule has 0 fully saturated rings. The Hall–Kier alpha value is -6.18. The van der Waals surface area contributed by atoms with E-state index < -0.39 is 72.1 Å². The third-order valence-corrected chi connectivity index (χ3v) is 8.83. The SMILES string of the molecule is O=C1COc2ccc(cc2)C[C@@H](C(=O)O)NC(=O)[C@@H](Cc2ccccc2)NC(=O)[C@H](Cc2ccc(C(F)(F)F)cc2)NC(=O)[C@@H](CCc2ccccc2)N1.